The number of hydrogen-bond acceptors (Lipinski definition) is 5. The maximum atomic E-state index is 12.0. The van der Waals surface area contributed by atoms with Crippen molar-refractivity contribution in [3.05, 3.63) is 58.4 Å². The molecule has 1 N–H and O–H groups in total. The first kappa shape index (κ1) is 16.7. The van der Waals surface area contributed by atoms with Gasteiger partial charge in [-0.15, -0.1) is 0 Å². The van der Waals surface area contributed by atoms with E-state index in [1.165, 1.54) is 11.0 Å². The molecule has 2 aromatic heterocycles. The molecule has 1 unspecified atom stereocenters. The molecule has 0 radical (unpaired) electrons. The third-order valence-electron chi connectivity index (χ3n) is 4.33. The normalized spacial score (nSPS) is 12.1. The summed E-state index contributed by atoms with van der Waals surface area (Å²) in [5.41, 5.74) is 2.41. The second-order valence-corrected chi connectivity index (χ2v) is 5.94. The van der Waals surface area contributed by atoms with E-state index >= 15 is 0 Å². The molecular weight excluding hydrogens is 320 g/mol. The fourth-order valence-electron chi connectivity index (χ4n) is 2.69. The molecule has 0 fully saturated rings. The number of pyridine rings is 1. The molecule has 3 rings (SSSR count). The lowest BCUT2D eigenvalue weighted by atomic mass is 9.99. The van der Waals surface area contributed by atoms with Gasteiger partial charge in [-0.2, -0.15) is 4.98 Å². The molecule has 1 atom stereocenters. The number of rotatable bonds is 4. The van der Waals surface area contributed by atoms with Gasteiger partial charge >= 0.3 is 11.6 Å². The Hall–Kier alpha value is -3.15. The van der Waals surface area contributed by atoms with Gasteiger partial charge in [-0.25, -0.2) is 9.59 Å². The van der Waals surface area contributed by atoms with Crippen molar-refractivity contribution in [2.75, 3.05) is 11.9 Å². The molecule has 2 heterocycles. The van der Waals surface area contributed by atoms with Gasteiger partial charge in [-0.1, -0.05) is 24.3 Å². The van der Waals surface area contributed by atoms with Gasteiger partial charge in [-0.05, 0) is 37.1 Å². The number of nitrogens with zero attached hydrogens (tertiary/aromatic N) is 2. The van der Waals surface area contributed by atoms with Gasteiger partial charge in [0, 0.05) is 24.1 Å². The number of fused-ring (bicyclic) bond motifs is 1. The largest absolute Gasteiger partial charge is 0.480 e. The molecule has 0 aliphatic carbocycles. The molecule has 128 valence electrons. The van der Waals surface area contributed by atoms with Gasteiger partial charge in [0.05, 0.1) is 0 Å². The zero-order valence-electron chi connectivity index (χ0n) is 14.2. The summed E-state index contributed by atoms with van der Waals surface area (Å²) in [6, 6.07) is 12.0. The molecule has 25 heavy (non-hydrogen) atoms. The van der Waals surface area contributed by atoms with Crippen molar-refractivity contribution in [2.45, 2.75) is 19.9 Å². The summed E-state index contributed by atoms with van der Waals surface area (Å²) in [6.07, 6.45) is 0. The number of carboxylic acid groups (broad SMARTS) is 1. The van der Waals surface area contributed by atoms with Crippen molar-refractivity contribution in [1.82, 2.24) is 4.98 Å². The smallest absolute Gasteiger partial charge is 0.338 e. The first-order valence-electron chi connectivity index (χ1n) is 7.85. The highest BCUT2D eigenvalue weighted by Gasteiger charge is 2.19. The van der Waals surface area contributed by atoms with Crippen molar-refractivity contribution in [2.24, 2.45) is 0 Å². The average Bonchev–Trinajstić information content (AvgIpc) is 2.59. The van der Waals surface area contributed by atoms with Gasteiger partial charge in [-0.3, -0.25) is 0 Å². The molecule has 0 amide bonds. The van der Waals surface area contributed by atoms with Gasteiger partial charge < -0.3 is 14.4 Å². The van der Waals surface area contributed by atoms with E-state index < -0.39 is 17.6 Å². The van der Waals surface area contributed by atoms with Crippen LogP contribution in [0.5, 0.6) is 0 Å². The predicted molar refractivity (Wildman–Crippen MR) is 96.0 cm³/mol. The van der Waals surface area contributed by atoms with Crippen LogP contribution in [0.1, 0.15) is 12.5 Å². The number of aryl methyl sites for hydroxylation is 1. The fraction of sp³-hybridized carbons (Fsp3) is 0.211. The van der Waals surface area contributed by atoms with Gasteiger partial charge in [0.2, 0.25) is 5.71 Å². The molecular formula is C19H18N2O4. The number of carbonyl (C=O) groups is 1. The molecule has 6 nitrogen and oxygen atoms in total. The number of aromatic nitrogens is 1. The summed E-state index contributed by atoms with van der Waals surface area (Å²) in [4.78, 5) is 29.0. The monoisotopic (exact) mass is 338 g/mol. The summed E-state index contributed by atoms with van der Waals surface area (Å²) in [5, 5.41) is 9.85. The lowest BCUT2D eigenvalue weighted by molar-refractivity contribution is -0.138. The highest BCUT2D eigenvalue weighted by Crippen LogP contribution is 2.30. The third kappa shape index (κ3) is 3.10. The minimum absolute atomic E-state index is 0.188. The van der Waals surface area contributed by atoms with Gasteiger partial charge in [0.25, 0.3) is 0 Å². The highest BCUT2D eigenvalue weighted by molar-refractivity contribution is 5.93. The van der Waals surface area contributed by atoms with Crippen LogP contribution in [0.25, 0.3) is 22.2 Å². The molecule has 0 spiro atoms. The molecule has 0 aliphatic heterocycles. The Morgan fingerprint density at radius 1 is 1.20 bits per heavy atom. The third-order valence-corrected chi connectivity index (χ3v) is 4.33. The van der Waals surface area contributed by atoms with Crippen molar-refractivity contribution < 1.29 is 14.3 Å². The van der Waals surface area contributed by atoms with Gasteiger partial charge in [0.1, 0.15) is 11.9 Å². The maximum absolute atomic E-state index is 12.0. The zero-order valence-corrected chi connectivity index (χ0v) is 14.2. The van der Waals surface area contributed by atoms with E-state index in [1.807, 2.05) is 31.2 Å². The van der Waals surface area contributed by atoms with E-state index in [2.05, 4.69) is 4.98 Å². The summed E-state index contributed by atoms with van der Waals surface area (Å²) >= 11 is 0. The van der Waals surface area contributed by atoms with Gasteiger partial charge in [0.15, 0.2) is 0 Å². The standard InChI is InChI=1S/C19H18N2O4/c1-11-6-4-5-7-13(11)15-10-17(22)25-18-14(15)8-9-16(20-18)21(3)12(2)19(23)24/h4-10,12H,1-3H3,(H,23,24). The van der Waals surface area contributed by atoms with E-state index in [-0.39, 0.29) is 5.71 Å². The number of benzene rings is 1. The SMILES string of the molecule is Cc1ccccc1-c1cc(=O)oc2nc(N(C)C(C)C(=O)O)ccc12. The lowest BCUT2D eigenvalue weighted by Crippen LogP contribution is -2.36. The van der Waals surface area contributed by atoms with E-state index in [4.69, 9.17) is 9.52 Å². The number of likely N-dealkylation sites (N-methyl/N-ethyl adjacent to an activating group) is 1. The molecule has 0 saturated carbocycles. The Balaban J connectivity index is 2.18. The van der Waals surface area contributed by atoms with Crippen LogP contribution in [0.15, 0.2) is 51.7 Å². The Morgan fingerprint density at radius 3 is 2.60 bits per heavy atom. The molecule has 6 heteroatoms. The topological polar surface area (TPSA) is 83.6 Å². The van der Waals surface area contributed by atoms with Crippen LogP contribution in [0, 0.1) is 6.92 Å². The number of aliphatic carboxylic acids is 1. The minimum Gasteiger partial charge on any atom is -0.480 e. The first-order valence-corrected chi connectivity index (χ1v) is 7.85. The average molecular weight is 338 g/mol. The predicted octanol–water partition coefficient (Wildman–Crippen LogP) is 3.07. The number of carboxylic acids is 1. The number of hydrogen-bond donors (Lipinski definition) is 1. The van der Waals surface area contributed by atoms with Crippen LogP contribution < -0.4 is 10.5 Å². The van der Waals surface area contributed by atoms with Crippen molar-refractivity contribution >= 4 is 22.9 Å². The Bertz CT molecular complexity index is 1010. The Kier molecular flexibility index (Phi) is 4.27. The summed E-state index contributed by atoms with van der Waals surface area (Å²) in [6.45, 7) is 3.54. The van der Waals surface area contributed by atoms with Crippen LogP contribution in [0.2, 0.25) is 0 Å². The van der Waals surface area contributed by atoms with Crippen LogP contribution >= 0.6 is 0 Å². The van der Waals surface area contributed by atoms with Crippen molar-refractivity contribution in [3.8, 4) is 11.1 Å². The Labute approximate surface area is 144 Å². The molecule has 0 saturated heterocycles. The quantitative estimate of drug-likeness (QED) is 0.787. The second-order valence-electron chi connectivity index (χ2n) is 5.94. The molecule has 3 aromatic rings. The molecule has 0 aliphatic rings. The summed E-state index contributed by atoms with van der Waals surface area (Å²) < 4.78 is 5.25. The maximum Gasteiger partial charge on any atom is 0.338 e. The number of anilines is 1. The molecule has 1 aromatic carbocycles. The van der Waals surface area contributed by atoms with Crippen LogP contribution in [0.4, 0.5) is 5.82 Å². The van der Waals surface area contributed by atoms with E-state index in [9.17, 15) is 9.59 Å². The summed E-state index contributed by atoms with van der Waals surface area (Å²) in [7, 11) is 1.64. The van der Waals surface area contributed by atoms with E-state index in [0.29, 0.717) is 11.2 Å². The van der Waals surface area contributed by atoms with Crippen LogP contribution in [-0.4, -0.2) is 29.1 Å². The highest BCUT2D eigenvalue weighted by atomic mass is 16.4. The van der Waals surface area contributed by atoms with Crippen LogP contribution in [-0.2, 0) is 4.79 Å². The second kappa shape index (κ2) is 6.39. The van der Waals surface area contributed by atoms with E-state index in [0.717, 1.165) is 16.7 Å². The first-order chi connectivity index (χ1) is 11.9. The zero-order chi connectivity index (χ0) is 18.1. The Morgan fingerprint density at radius 2 is 1.92 bits per heavy atom. The van der Waals surface area contributed by atoms with Crippen molar-refractivity contribution in [1.29, 1.82) is 0 Å². The van der Waals surface area contributed by atoms with E-state index in [1.54, 1.807) is 26.1 Å². The lowest BCUT2D eigenvalue weighted by Gasteiger charge is -2.22. The minimum atomic E-state index is -0.959. The molecule has 0 bridgehead atoms. The van der Waals surface area contributed by atoms with Crippen LogP contribution in [0.3, 0.4) is 0 Å². The fourth-order valence-corrected chi connectivity index (χ4v) is 2.69. The summed E-state index contributed by atoms with van der Waals surface area (Å²) in [5.74, 6) is -0.535. The van der Waals surface area contributed by atoms with Crippen molar-refractivity contribution in [3.63, 3.8) is 0 Å².